The van der Waals surface area contributed by atoms with Gasteiger partial charge >= 0.3 is 0 Å². The number of para-hydroxylation sites is 2. The monoisotopic (exact) mass is 385 g/mol. The Hall–Kier alpha value is -3.80. The van der Waals surface area contributed by atoms with Crippen LogP contribution < -0.4 is 19.9 Å². The van der Waals surface area contributed by atoms with Crippen molar-refractivity contribution in [1.29, 1.82) is 0 Å². The summed E-state index contributed by atoms with van der Waals surface area (Å²) in [6.07, 6.45) is 0. The second kappa shape index (κ2) is 6.10. The molecule has 6 nitrogen and oxygen atoms in total. The van der Waals surface area contributed by atoms with E-state index in [1.165, 1.54) is 0 Å². The smallest absolute Gasteiger partial charge is 0.278 e. The molecule has 0 saturated heterocycles. The number of anilines is 3. The lowest BCUT2D eigenvalue weighted by atomic mass is 9.92. The number of nitrogens with one attached hydrogen (secondary N) is 1. The molecule has 2 aliphatic heterocycles. The lowest BCUT2D eigenvalue weighted by Gasteiger charge is -2.44. The van der Waals surface area contributed by atoms with Crippen LogP contribution in [0.5, 0.6) is 5.75 Å². The highest BCUT2D eigenvalue weighted by Crippen LogP contribution is 2.49. The van der Waals surface area contributed by atoms with Gasteiger partial charge in [-0.3, -0.25) is 14.5 Å². The molecule has 3 aromatic rings. The molecular formula is C23H19N3O3. The molecule has 1 atom stereocenters. The van der Waals surface area contributed by atoms with E-state index in [1.54, 1.807) is 36.1 Å². The fraction of sp³-hybridized carbons (Fsp3) is 0.130. The van der Waals surface area contributed by atoms with Crippen LogP contribution in [0, 0.1) is 0 Å². The average molecular weight is 385 g/mol. The van der Waals surface area contributed by atoms with Crippen molar-refractivity contribution < 1.29 is 14.3 Å². The SMILES string of the molecule is COc1cccc(N2C(=O)c3ccccc3NC23C(=O)N(C)c2ccccc23)c1. The van der Waals surface area contributed by atoms with Crippen LogP contribution in [0.1, 0.15) is 15.9 Å². The van der Waals surface area contributed by atoms with Gasteiger partial charge in [0.05, 0.1) is 24.0 Å². The third kappa shape index (κ3) is 2.23. The molecule has 29 heavy (non-hydrogen) atoms. The summed E-state index contributed by atoms with van der Waals surface area (Å²) >= 11 is 0. The predicted octanol–water partition coefficient (Wildman–Crippen LogP) is 3.60. The molecule has 6 heteroatoms. The summed E-state index contributed by atoms with van der Waals surface area (Å²) < 4.78 is 5.37. The first kappa shape index (κ1) is 17.3. The van der Waals surface area contributed by atoms with Gasteiger partial charge in [0.1, 0.15) is 5.75 Å². The van der Waals surface area contributed by atoms with Crippen molar-refractivity contribution in [3.05, 3.63) is 83.9 Å². The van der Waals surface area contributed by atoms with E-state index in [0.29, 0.717) is 22.7 Å². The average Bonchev–Trinajstić information content (AvgIpc) is 2.97. The lowest BCUT2D eigenvalue weighted by Crippen LogP contribution is -2.62. The van der Waals surface area contributed by atoms with E-state index in [-0.39, 0.29) is 11.8 Å². The largest absolute Gasteiger partial charge is 0.497 e. The molecule has 0 fully saturated rings. The Bertz CT molecular complexity index is 1160. The summed E-state index contributed by atoms with van der Waals surface area (Å²) in [4.78, 5) is 30.5. The van der Waals surface area contributed by atoms with Crippen LogP contribution in [0.15, 0.2) is 72.8 Å². The summed E-state index contributed by atoms with van der Waals surface area (Å²) in [7, 11) is 3.30. The Morgan fingerprint density at radius 3 is 2.52 bits per heavy atom. The van der Waals surface area contributed by atoms with Crippen molar-refractivity contribution in [2.75, 3.05) is 29.3 Å². The normalized spacial score (nSPS) is 19.8. The molecule has 1 spiro atoms. The summed E-state index contributed by atoms with van der Waals surface area (Å²) in [6, 6.07) is 22.0. The number of carbonyl (C=O) groups excluding carboxylic acids is 2. The first-order valence-corrected chi connectivity index (χ1v) is 9.31. The van der Waals surface area contributed by atoms with E-state index in [4.69, 9.17) is 4.74 Å². The Kier molecular flexibility index (Phi) is 3.64. The minimum absolute atomic E-state index is 0.218. The zero-order valence-corrected chi connectivity index (χ0v) is 16.0. The van der Waals surface area contributed by atoms with Gasteiger partial charge < -0.3 is 15.0 Å². The number of hydrogen-bond acceptors (Lipinski definition) is 4. The topological polar surface area (TPSA) is 61.9 Å². The van der Waals surface area contributed by atoms with E-state index in [0.717, 1.165) is 11.3 Å². The highest BCUT2D eigenvalue weighted by atomic mass is 16.5. The Balaban J connectivity index is 1.83. The number of amides is 2. The molecule has 0 radical (unpaired) electrons. The maximum absolute atomic E-state index is 13.7. The molecule has 0 bridgehead atoms. The lowest BCUT2D eigenvalue weighted by molar-refractivity contribution is -0.121. The first-order valence-electron chi connectivity index (χ1n) is 9.31. The molecule has 2 heterocycles. The van der Waals surface area contributed by atoms with Crippen LogP contribution in [0.25, 0.3) is 0 Å². The fourth-order valence-electron chi connectivity index (χ4n) is 4.24. The summed E-state index contributed by atoms with van der Waals surface area (Å²) in [5.74, 6) is 0.145. The minimum atomic E-state index is -1.37. The van der Waals surface area contributed by atoms with Crippen LogP contribution in [-0.2, 0) is 10.5 Å². The van der Waals surface area contributed by atoms with E-state index < -0.39 is 5.66 Å². The number of nitrogens with zero attached hydrogens (tertiary/aromatic N) is 2. The van der Waals surface area contributed by atoms with E-state index in [9.17, 15) is 9.59 Å². The Morgan fingerprint density at radius 2 is 1.69 bits per heavy atom. The van der Waals surface area contributed by atoms with Crippen LogP contribution in [-0.4, -0.2) is 26.0 Å². The second-order valence-corrected chi connectivity index (χ2v) is 7.10. The molecule has 2 amide bonds. The molecule has 1 unspecified atom stereocenters. The Labute approximate surface area is 168 Å². The van der Waals surface area contributed by atoms with E-state index in [2.05, 4.69) is 5.32 Å². The first-order chi connectivity index (χ1) is 14.1. The van der Waals surface area contributed by atoms with E-state index in [1.807, 2.05) is 60.7 Å². The molecule has 1 N–H and O–H groups in total. The Morgan fingerprint density at radius 1 is 0.931 bits per heavy atom. The van der Waals surface area contributed by atoms with Crippen molar-refractivity contribution in [2.45, 2.75) is 5.66 Å². The number of carbonyl (C=O) groups is 2. The minimum Gasteiger partial charge on any atom is -0.497 e. The third-order valence-electron chi connectivity index (χ3n) is 5.59. The van der Waals surface area contributed by atoms with Crippen LogP contribution in [0.3, 0.4) is 0 Å². The van der Waals surface area contributed by atoms with Gasteiger partial charge in [-0.25, -0.2) is 0 Å². The molecule has 0 aromatic heterocycles. The van der Waals surface area contributed by atoms with Gasteiger partial charge in [0.2, 0.25) is 5.66 Å². The maximum Gasteiger partial charge on any atom is 0.278 e. The van der Waals surface area contributed by atoms with Gasteiger partial charge in [0.25, 0.3) is 11.8 Å². The highest BCUT2D eigenvalue weighted by molar-refractivity contribution is 6.22. The highest BCUT2D eigenvalue weighted by Gasteiger charge is 2.58. The molecular weight excluding hydrogens is 366 g/mol. The van der Waals surface area contributed by atoms with Crippen LogP contribution in [0.4, 0.5) is 17.1 Å². The number of hydrogen-bond donors (Lipinski definition) is 1. The summed E-state index contributed by atoms with van der Waals surface area (Å²) in [6.45, 7) is 0. The van der Waals surface area contributed by atoms with Crippen molar-refractivity contribution in [3.8, 4) is 5.75 Å². The molecule has 0 saturated carbocycles. The molecule has 3 aromatic carbocycles. The van der Waals surface area contributed by atoms with Crippen molar-refractivity contribution in [3.63, 3.8) is 0 Å². The van der Waals surface area contributed by atoms with Crippen molar-refractivity contribution in [2.24, 2.45) is 0 Å². The quantitative estimate of drug-likeness (QED) is 0.732. The standard InChI is InChI=1S/C23H19N3O3/c1-25-20-13-6-4-11-18(20)23(22(25)28)24-19-12-5-3-10-17(19)21(27)26(23)15-8-7-9-16(14-15)29-2/h3-14,24H,1-2H3. The van der Waals surface area contributed by atoms with Crippen LogP contribution in [0.2, 0.25) is 0 Å². The van der Waals surface area contributed by atoms with Gasteiger partial charge in [0.15, 0.2) is 0 Å². The number of likely N-dealkylation sites (N-methyl/N-ethyl adjacent to an activating group) is 1. The van der Waals surface area contributed by atoms with Gasteiger partial charge in [0, 0.05) is 24.4 Å². The molecule has 5 rings (SSSR count). The zero-order chi connectivity index (χ0) is 20.2. The number of ether oxygens (including phenoxy) is 1. The van der Waals surface area contributed by atoms with Crippen molar-refractivity contribution in [1.82, 2.24) is 0 Å². The zero-order valence-electron chi connectivity index (χ0n) is 16.0. The second-order valence-electron chi connectivity index (χ2n) is 7.10. The molecule has 144 valence electrons. The summed E-state index contributed by atoms with van der Waals surface area (Å²) in [5, 5.41) is 3.40. The number of benzene rings is 3. The third-order valence-corrected chi connectivity index (χ3v) is 5.59. The summed E-state index contributed by atoms with van der Waals surface area (Å²) in [5.41, 5.74) is 1.86. The fourth-order valence-corrected chi connectivity index (χ4v) is 4.24. The van der Waals surface area contributed by atoms with E-state index >= 15 is 0 Å². The van der Waals surface area contributed by atoms with Gasteiger partial charge in [-0.05, 0) is 30.3 Å². The van der Waals surface area contributed by atoms with Gasteiger partial charge in [-0.15, -0.1) is 0 Å². The van der Waals surface area contributed by atoms with Crippen LogP contribution >= 0.6 is 0 Å². The van der Waals surface area contributed by atoms with Crippen molar-refractivity contribution >= 4 is 28.9 Å². The number of fused-ring (bicyclic) bond motifs is 3. The molecule has 0 aliphatic carbocycles. The number of methoxy groups -OCH3 is 1. The van der Waals surface area contributed by atoms with Gasteiger partial charge in [-0.1, -0.05) is 36.4 Å². The number of rotatable bonds is 2. The maximum atomic E-state index is 13.7. The van der Waals surface area contributed by atoms with Gasteiger partial charge in [-0.2, -0.15) is 0 Å². The molecule has 2 aliphatic rings. The predicted molar refractivity (Wildman–Crippen MR) is 111 cm³/mol.